The van der Waals surface area contributed by atoms with Crippen LogP contribution in [-0.2, 0) is 4.79 Å². The number of anilines is 1. The van der Waals surface area contributed by atoms with Crippen molar-refractivity contribution in [3.05, 3.63) is 41.7 Å². The Morgan fingerprint density at radius 3 is 2.75 bits per heavy atom. The average Bonchev–Trinajstić information content (AvgIpc) is 3.25. The van der Waals surface area contributed by atoms with E-state index < -0.39 is 23.8 Å². The second kappa shape index (κ2) is 6.60. The second-order valence-corrected chi connectivity index (χ2v) is 6.19. The summed E-state index contributed by atoms with van der Waals surface area (Å²) in [6.45, 7) is 1.50. The lowest BCUT2D eigenvalue weighted by Gasteiger charge is -2.17. The molecule has 8 nitrogen and oxygen atoms in total. The molecule has 28 heavy (non-hydrogen) atoms. The van der Waals surface area contributed by atoms with Crippen LogP contribution in [0.15, 0.2) is 24.8 Å². The molecule has 0 radical (unpaired) electrons. The maximum absolute atomic E-state index is 15.0. The van der Waals surface area contributed by atoms with Crippen molar-refractivity contribution in [2.75, 3.05) is 5.32 Å². The van der Waals surface area contributed by atoms with Crippen molar-refractivity contribution >= 4 is 28.8 Å². The standard InChI is InChI=1S/C17H14F3N7O/c1-7(21)12-15(18)14(17(19)20)13(8-2-24-26-16(8)12)9-4-27-5-10(23-6-28)25-11(27)3-22-9/h2-7,17H,21H2,1H3,(H,23,28)(H,24,26). The summed E-state index contributed by atoms with van der Waals surface area (Å²) in [5, 5.41) is 9.18. The maximum Gasteiger partial charge on any atom is 0.267 e. The van der Waals surface area contributed by atoms with E-state index in [0.717, 1.165) is 0 Å². The zero-order valence-corrected chi connectivity index (χ0v) is 14.4. The SMILES string of the molecule is CC(N)c1c(F)c(C(F)F)c(-c2cn3cc(NC=O)nc3cn2)c2cn[nH]c12. The first-order valence-corrected chi connectivity index (χ1v) is 8.19. The van der Waals surface area contributed by atoms with Gasteiger partial charge in [0.2, 0.25) is 6.41 Å². The summed E-state index contributed by atoms with van der Waals surface area (Å²) in [5.74, 6) is -0.831. The van der Waals surface area contributed by atoms with Crippen LogP contribution in [0.2, 0.25) is 0 Å². The molecule has 1 aromatic carbocycles. The lowest BCUT2D eigenvalue weighted by molar-refractivity contribution is -0.105. The number of imidazole rings is 1. The van der Waals surface area contributed by atoms with Gasteiger partial charge in [-0.3, -0.25) is 14.9 Å². The summed E-state index contributed by atoms with van der Waals surface area (Å²) in [4.78, 5) is 18.8. The number of alkyl halides is 2. The summed E-state index contributed by atoms with van der Waals surface area (Å²) in [6, 6.07) is -0.824. The molecule has 0 spiro atoms. The number of hydrogen-bond donors (Lipinski definition) is 3. The van der Waals surface area contributed by atoms with Crippen molar-refractivity contribution in [3.8, 4) is 11.3 Å². The number of rotatable bonds is 5. The predicted octanol–water partition coefficient (Wildman–Crippen LogP) is 2.94. The van der Waals surface area contributed by atoms with Crippen LogP contribution >= 0.6 is 0 Å². The molecule has 0 saturated heterocycles. The van der Waals surface area contributed by atoms with Gasteiger partial charge in [0.25, 0.3) is 6.43 Å². The van der Waals surface area contributed by atoms with Crippen molar-refractivity contribution in [1.29, 1.82) is 0 Å². The van der Waals surface area contributed by atoms with Crippen LogP contribution in [0.3, 0.4) is 0 Å². The van der Waals surface area contributed by atoms with E-state index in [1.807, 2.05) is 0 Å². The van der Waals surface area contributed by atoms with Crippen molar-refractivity contribution in [2.24, 2.45) is 5.73 Å². The van der Waals surface area contributed by atoms with E-state index in [4.69, 9.17) is 5.73 Å². The van der Waals surface area contributed by atoms with Crippen molar-refractivity contribution < 1.29 is 18.0 Å². The Balaban J connectivity index is 2.04. The van der Waals surface area contributed by atoms with Crippen molar-refractivity contribution in [1.82, 2.24) is 24.6 Å². The number of carbonyl (C=O) groups is 1. The number of H-pyrrole nitrogens is 1. The number of nitrogens with zero attached hydrogens (tertiary/aromatic N) is 4. The van der Waals surface area contributed by atoms with Crippen molar-refractivity contribution in [2.45, 2.75) is 19.4 Å². The molecular formula is C17H14F3N7O. The molecule has 3 heterocycles. The number of benzene rings is 1. The summed E-state index contributed by atoms with van der Waals surface area (Å²) >= 11 is 0. The average molecular weight is 389 g/mol. The molecule has 4 rings (SSSR count). The van der Waals surface area contributed by atoms with Crippen LogP contribution in [0.1, 0.15) is 30.5 Å². The molecule has 0 fully saturated rings. The number of nitrogens with two attached hydrogens (primary N) is 1. The zero-order valence-electron chi connectivity index (χ0n) is 14.4. The Bertz CT molecular complexity index is 1200. The molecule has 0 aliphatic carbocycles. The van der Waals surface area contributed by atoms with Gasteiger partial charge in [-0.25, -0.2) is 18.2 Å². The van der Waals surface area contributed by atoms with E-state index in [1.165, 1.54) is 36.1 Å². The number of fused-ring (bicyclic) bond motifs is 2. The van der Waals surface area contributed by atoms with Crippen LogP contribution in [0, 0.1) is 5.82 Å². The summed E-state index contributed by atoms with van der Waals surface area (Å²) in [7, 11) is 0. The molecule has 3 aromatic heterocycles. The molecule has 1 unspecified atom stereocenters. The minimum atomic E-state index is -3.10. The monoisotopic (exact) mass is 389 g/mol. The van der Waals surface area contributed by atoms with Crippen LogP contribution in [-0.4, -0.2) is 31.0 Å². The van der Waals surface area contributed by atoms with Crippen LogP contribution in [0.4, 0.5) is 19.0 Å². The number of amides is 1. The molecule has 0 aliphatic heterocycles. The quantitative estimate of drug-likeness (QED) is 0.454. The highest BCUT2D eigenvalue weighted by Crippen LogP contribution is 2.41. The largest absolute Gasteiger partial charge is 0.324 e. The van der Waals surface area contributed by atoms with Gasteiger partial charge >= 0.3 is 0 Å². The van der Waals surface area contributed by atoms with Crippen LogP contribution in [0.25, 0.3) is 27.8 Å². The maximum atomic E-state index is 15.0. The summed E-state index contributed by atoms with van der Waals surface area (Å²) < 4.78 is 44.3. The van der Waals surface area contributed by atoms with Gasteiger partial charge < -0.3 is 15.5 Å². The fourth-order valence-corrected chi connectivity index (χ4v) is 3.26. The Kier molecular flexibility index (Phi) is 4.23. The lowest BCUT2D eigenvalue weighted by Crippen LogP contribution is -2.12. The minimum absolute atomic E-state index is 0.0623. The van der Waals surface area contributed by atoms with E-state index in [1.54, 1.807) is 0 Å². The molecule has 1 atom stereocenters. The summed E-state index contributed by atoms with van der Waals surface area (Å²) in [6.07, 6.45) is 2.94. The normalized spacial score (nSPS) is 12.8. The Hall–Kier alpha value is -3.47. The van der Waals surface area contributed by atoms with E-state index in [-0.39, 0.29) is 33.5 Å². The van der Waals surface area contributed by atoms with Gasteiger partial charge in [0.15, 0.2) is 11.5 Å². The number of halogens is 3. The molecule has 0 aliphatic rings. The number of hydrogen-bond acceptors (Lipinski definition) is 5. The zero-order chi connectivity index (χ0) is 20.0. The minimum Gasteiger partial charge on any atom is -0.324 e. The molecule has 4 aromatic rings. The second-order valence-electron chi connectivity index (χ2n) is 6.19. The van der Waals surface area contributed by atoms with Gasteiger partial charge in [-0.15, -0.1) is 0 Å². The Labute approximate surface area is 155 Å². The third kappa shape index (κ3) is 2.67. The van der Waals surface area contributed by atoms with Crippen LogP contribution in [0.5, 0.6) is 0 Å². The van der Waals surface area contributed by atoms with Crippen LogP contribution < -0.4 is 11.1 Å². The molecular weight excluding hydrogens is 375 g/mol. The molecule has 144 valence electrons. The fraction of sp³-hybridized carbons (Fsp3) is 0.176. The number of aromatic amines is 1. The Morgan fingerprint density at radius 1 is 1.29 bits per heavy atom. The Morgan fingerprint density at radius 2 is 2.07 bits per heavy atom. The van der Waals surface area contributed by atoms with Crippen molar-refractivity contribution in [3.63, 3.8) is 0 Å². The van der Waals surface area contributed by atoms with E-state index in [2.05, 4.69) is 25.5 Å². The molecule has 1 amide bonds. The molecule has 0 bridgehead atoms. The molecule has 11 heteroatoms. The number of nitrogens with one attached hydrogen (secondary N) is 2. The first-order chi connectivity index (χ1) is 13.4. The first kappa shape index (κ1) is 17.9. The highest BCUT2D eigenvalue weighted by Gasteiger charge is 2.29. The van der Waals surface area contributed by atoms with Gasteiger partial charge in [0.1, 0.15) is 5.82 Å². The third-order valence-corrected chi connectivity index (χ3v) is 4.40. The fourth-order valence-electron chi connectivity index (χ4n) is 3.26. The molecule has 0 saturated carbocycles. The molecule has 4 N–H and O–H groups in total. The number of carbonyl (C=O) groups excluding carboxylic acids is 1. The highest BCUT2D eigenvalue weighted by atomic mass is 19.3. The third-order valence-electron chi connectivity index (χ3n) is 4.40. The lowest BCUT2D eigenvalue weighted by atomic mass is 9.93. The van der Waals surface area contributed by atoms with Gasteiger partial charge in [-0.1, -0.05) is 0 Å². The summed E-state index contributed by atoms with van der Waals surface area (Å²) in [5.41, 5.74) is 5.58. The van der Waals surface area contributed by atoms with E-state index in [9.17, 15) is 13.6 Å². The first-order valence-electron chi connectivity index (χ1n) is 8.19. The van der Waals surface area contributed by atoms with Gasteiger partial charge in [-0.05, 0) is 6.92 Å². The van der Waals surface area contributed by atoms with Gasteiger partial charge in [-0.2, -0.15) is 5.10 Å². The van der Waals surface area contributed by atoms with Gasteiger partial charge in [0.05, 0.1) is 35.4 Å². The number of aromatic nitrogens is 5. The van der Waals surface area contributed by atoms with Gasteiger partial charge in [0, 0.05) is 28.8 Å². The smallest absolute Gasteiger partial charge is 0.267 e. The van der Waals surface area contributed by atoms with E-state index in [0.29, 0.717) is 12.1 Å². The van der Waals surface area contributed by atoms with E-state index >= 15 is 4.39 Å². The predicted molar refractivity (Wildman–Crippen MR) is 95.3 cm³/mol. The topological polar surface area (TPSA) is 114 Å². The highest BCUT2D eigenvalue weighted by molar-refractivity contribution is 5.97.